The number of benzene rings is 1. The predicted molar refractivity (Wildman–Crippen MR) is 74.2 cm³/mol. The largest absolute Gasteiger partial charge is 0.464 e. The van der Waals surface area contributed by atoms with Gasteiger partial charge in [0, 0.05) is 43.1 Å². The van der Waals surface area contributed by atoms with Gasteiger partial charge in [-0.25, -0.2) is 0 Å². The summed E-state index contributed by atoms with van der Waals surface area (Å²) in [5.74, 6) is 0. The summed E-state index contributed by atoms with van der Waals surface area (Å²) in [6, 6.07) is 5.85. The van der Waals surface area contributed by atoms with Crippen LogP contribution in [0.1, 0.15) is 5.56 Å². The molecule has 0 unspecified atom stereocenters. The second-order valence-electron chi connectivity index (χ2n) is 4.74. The molecular weight excluding hydrogens is 248 g/mol. The minimum absolute atomic E-state index is 0.727. The lowest BCUT2D eigenvalue weighted by atomic mass is 10.1. The molecule has 0 aliphatic carbocycles. The van der Waals surface area contributed by atoms with Gasteiger partial charge in [0.05, 0.1) is 6.26 Å². The molecule has 1 N–H and O–H groups in total. The number of furan rings is 1. The van der Waals surface area contributed by atoms with Crippen molar-refractivity contribution in [2.75, 3.05) is 32.7 Å². The van der Waals surface area contributed by atoms with Crippen molar-refractivity contribution >= 4 is 22.6 Å². The molecule has 0 saturated carbocycles. The van der Waals surface area contributed by atoms with Crippen molar-refractivity contribution in [1.29, 1.82) is 0 Å². The third-order valence-electron chi connectivity index (χ3n) is 3.52. The number of hydrogen-bond acceptors (Lipinski definition) is 3. The Kier molecular flexibility index (Phi) is 3.55. The minimum atomic E-state index is 0.727. The van der Waals surface area contributed by atoms with Crippen LogP contribution >= 0.6 is 11.6 Å². The van der Waals surface area contributed by atoms with Crippen molar-refractivity contribution in [2.45, 2.75) is 6.42 Å². The van der Waals surface area contributed by atoms with Crippen LogP contribution in [0.2, 0.25) is 5.02 Å². The second-order valence-corrected chi connectivity index (χ2v) is 5.18. The summed E-state index contributed by atoms with van der Waals surface area (Å²) in [6.07, 6.45) is 2.90. The van der Waals surface area contributed by atoms with Gasteiger partial charge in [0.2, 0.25) is 0 Å². The number of halogens is 1. The maximum absolute atomic E-state index is 5.95. The Labute approximate surface area is 112 Å². The zero-order valence-corrected chi connectivity index (χ0v) is 11.0. The van der Waals surface area contributed by atoms with E-state index < -0.39 is 0 Å². The summed E-state index contributed by atoms with van der Waals surface area (Å²) >= 11 is 5.95. The highest BCUT2D eigenvalue weighted by Crippen LogP contribution is 2.24. The Morgan fingerprint density at radius 3 is 2.94 bits per heavy atom. The van der Waals surface area contributed by atoms with Crippen LogP contribution < -0.4 is 5.32 Å². The third kappa shape index (κ3) is 2.53. The van der Waals surface area contributed by atoms with E-state index in [-0.39, 0.29) is 0 Å². The molecule has 18 heavy (non-hydrogen) atoms. The summed E-state index contributed by atoms with van der Waals surface area (Å²) in [4.78, 5) is 2.49. The maximum atomic E-state index is 5.95. The summed E-state index contributed by atoms with van der Waals surface area (Å²) in [7, 11) is 0. The zero-order valence-electron chi connectivity index (χ0n) is 10.3. The van der Waals surface area contributed by atoms with E-state index in [1.165, 1.54) is 10.9 Å². The number of hydrogen-bond donors (Lipinski definition) is 1. The van der Waals surface area contributed by atoms with Crippen LogP contribution in [0, 0.1) is 0 Å². The third-order valence-corrected chi connectivity index (χ3v) is 3.76. The van der Waals surface area contributed by atoms with E-state index in [0.717, 1.165) is 49.8 Å². The predicted octanol–water partition coefficient (Wildman–Crippen LogP) is 2.53. The van der Waals surface area contributed by atoms with Gasteiger partial charge in [-0.1, -0.05) is 11.6 Å². The van der Waals surface area contributed by atoms with Gasteiger partial charge in [0.1, 0.15) is 5.58 Å². The molecule has 1 aliphatic heterocycles. The quantitative estimate of drug-likeness (QED) is 0.924. The molecule has 0 radical (unpaired) electrons. The minimum Gasteiger partial charge on any atom is -0.464 e. The van der Waals surface area contributed by atoms with Crippen LogP contribution in [0.4, 0.5) is 0 Å². The van der Waals surface area contributed by atoms with Gasteiger partial charge in [-0.3, -0.25) is 0 Å². The van der Waals surface area contributed by atoms with Gasteiger partial charge >= 0.3 is 0 Å². The highest BCUT2D eigenvalue weighted by Gasteiger charge is 2.11. The van der Waals surface area contributed by atoms with Crippen molar-refractivity contribution < 1.29 is 4.42 Å². The molecule has 3 rings (SSSR count). The van der Waals surface area contributed by atoms with Gasteiger partial charge < -0.3 is 14.6 Å². The lowest BCUT2D eigenvalue weighted by molar-refractivity contribution is 0.244. The van der Waals surface area contributed by atoms with E-state index in [1.54, 1.807) is 0 Å². The van der Waals surface area contributed by atoms with Gasteiger partial charge in [-0.15, -0.1) is 0 Å². The molecule has 1 aromatic carbocycles. The van der Waals surface area contributed by atoms with Crippen LogP contribution in [0.25, 0.3) is 11.0 Å². The van der Waals surface area contributed by atoms with Crippen LogP contribution in [0.5, 0.6) is 0 Å². The van der Waals surface area contributed by atoms with Crippen molar-refractivity contribution in [3.8, 4) is 0 Å². The van der Waals surface area contributed by atoms with E-state index in [2.05, 4.69) is 10.2 Å². The first-order valence-electron chi connectivity index (χ1n) is 6.41. The Morgan fingerprint density at radius 2 is 2.11 bits per heavy atom. The zero-order chi connectivity index (χ0) is 12.4. The Morgan fingerprint density at radius 1 is 1.28 bits per heavy atom. The molecule has 2 aromatic rings. The van der Waals surface area contributed by atoms with Crippen LogP contribution in [0.3, 0.4) is 0 Å². The second kappa shape index (κ2) is 5.31. The number of nitrogens with one attached hydrogen (secondary N) is 1. The smallest absolute Gasteiger partial charge is 0.135 e. The number of nitrogens with zero attached hydrogens (tertiary/aromatic N) is 1. The average molecular weight is 265 g/mol. The molecule has 0 atom stereocenters. The monoisotopic (exact) mass is 264 g/mol. The average Bonchev–Trinajstić information content (AvgIpc) is 2.80. The summed E-state index contributed by atoms with van der Waals surface area (Å²) in [5.41, 5.74) is 2.16. The van der Waals surface area contributed by atoms with E-state index in [0.29, 0.717) is 0 Å². The van der Waals surface area contributed by atoms with Crippen LogP contribution in [-0.2, 0) is 6.42 Å². The van der Waals surface area contributed by atoms with Gasteiger partial charge in [-0.2, -0.15) is 0 Å². The fourth-order valence-electron chi connectivity index (χ4n) is 2.46. The molecule has 1 saturated heterocycles. The Balaban J connectivity index is 1.70. The summed E-state index contributed by atoms with van der Waals surface area (Å²) in [5, 5.41) is 5.29. The molecule has 2 heterocycles. The highest BCUT2D eigenvalue weighted by molar-refractivity contribution is 6.31. The SMILES string of the molecule is Clc1ccc2c(CCN3CCNCC3)coc2c1. The molecule has 0 bridgehead atoms. The number of rotatable bonds is 3. The van der Waals surface area contributed by atoms with Crippen molar-refractivity contribution in [3.63, 3.8) is 0 Å². The summed E-state index contributed by atoms with van der Waals surface area (Å²) in [6.45, 7) is 5.58. The maximum Gasteiger partial charge on any atom is 0.135 e. The van der Waals surface area contributed by atoms with Crippen LogP contribution in [-0.4, -0.2) is 37.6 Å². The molecule has 3 nitrogen and oxygen atoms in total. The molecule has 96 valence electrons. The fourth-order valence-corrected chi connectivity index (χ4v) is 2.63. The van der Waals surface area contributed by atoms with Crippen LogP contribution in [0.15, 0.2) is 28.9 Å². The van der Waals surface area contributed by atoms with Crippen molar-refractivity contribution in [1.82, 2.24) is 10.2 Å². The Bertz CT molecular complexity index is 532. The highest BCUT2D eigenvalue weighted by atomic mass is 35.5. The first-order valence-corrected chi connectivity index (χ1v) is 6.79. The molecule has 1 aliphatic rings. The summed E-state index contributed by atoms with van der Waals surface area (Å²) < 4.78 is 5.55. The van der Waals surface area contributed by atoms with Gasteiger partial charge in [0.25, 0.3) is 0 Å². The van der Waals surface area contributed by atoms with Gasteiger partial charge in [0.15, 0.2) is 0 Å². The molecule has 0 spiro atoms. The fraction of sp³-hybridized carbons (Fsp3) is 0.429. The molecule has 1 fully saturated rings. The number of piperazine rings is 1. The number of fused-ring (bicyclic) bond motifs is 1. The van der Waals surface area contributed by atoms with Gasteiger partial charge in [-0.05, 0) is 30.2 Å². The lowest BCUT2D eigenvalue weighted by Crippen LogP contribution is -2.44. The first kappa shape index (κ1) is 12.0. The molecular formula is C14H17ClN2O. The van der Waals surface area contributed by atoms with E-state index in [4.69, 9.17) is 16.0 Å². The van der Waals surface area contributed by atoms with E-state index in [1.807, 2.05) is 24.5 Å². The topological polar surface area (TPSA) is 28.4 Å². The normalized spacial score (nSPS) is 17.4. The molecule has 0 amide bonds. The Hall–Kier alpha value is -1.03. The first-order chi connectivity index (χ1) is 8.83. The standard InChI is InChI=1S/C14H17ClN2O/c15-12-1-2-13-11(10-18-14(13)9-12)3-6-17-7-4-16-5-8-17/h1-2,9-10,16H,3-8H2. The van der Waals surface area contributed by atoms with E-state index >= 15 is 0 Å². The lowest BCUT2D eigenvalue weighted by Gasteiger charge is -2.26. The molecule has 4 heteroatoms. The molecule has 1 aromatic heterocycles. The van der Waals surface area contributed by atoms with E-state index in [9.17, 15) is 0 Å². The van der Waals surface area contributed by atoms with Crippen molar-refractivity contribution in [3.05, 3.63) is 35.0 Å². The van der Waals surface area contributed by atoms with Crippen molar-refractivity contribution in [2.24, 2.45) is 0 Å².